The van der Waals surface area contributed by atoms with E-state index in [0.717, 1.165) is 31.1 Å². The number of hydrogen-bond donors (Lipinski definition) is 0. The summed E-state index contributed by atoms with van der Waals surface area (Å²) in [6, 6.07) is 3.96. The van der Waals surface area contributed by atoms with Gasteiger partial charge >= 0.3 is 5.97 Å². The SMILES string of the molecule is Cc1ncccc1C(=O)OC1=CC2C(CC1)CCN2C. The van der Waals surface area contributed by atoms with Crippen molar-refractivity contribution in [3.05, 3.63) is 41.4 Å². The number of pyridine rings is 1. The molecule has 0 radical (unpaired) electrons. The zero-order valence-corrected chi connectivity index (χ0v) is 12.0. The number of carbonyl (C=O) groups is 1. The highest BCUT2D eigenvalue weighted by molar-refractivity contribution is 5.91. The van der Waals surface area contributed by atoms with Gasteiger partial charge in [0.15, 0.2) is 0 Å². The highest BCUT2D eigenvalue weighted by Gasteiger charge is 2.34. The van der Waals surface area contributed by atoms with Crippen LogP contribution in [-0.2, 0) is 4.74 Å². The Bertz CT molecular complexity index is 553. The van der Waals surface area contributed by atoms with Gasteiger partial charge in [-0.1, -0.05) is 0 Å². The van der Waals surface area contributed by atoms with Crippen molar-refractivity contribution in [3.8, 4) is 0 Å². The molecule has 2 heterocycles. The van der Waals surface area contributed by atoms with E-state index in [4.69, 9.17) is 4.74 Å². The fourth-order valence-corrected chi connectivity index (χ4v) is 3.19. The number of likely N-dealkylation sites (N-methyl/N-ethyl adjacent to an activating group) is 1. The summed E-state index contributed by atoms with van der Waals surface area (Å²) in [4.78, 5) is 18.7. The molecule has 2 unspecified atom stereocenters. The Hall–Kier alpha value is -1.68. The summed E-state index contributed by atoms with van der Waals surface area (Å²) in [6.07, 6.45) is 7.04. The van der Waals surface area contributed by atoms with Crippen LogP contribution < -0.4 is 0 Å². The molecule has 1 aliphatic heterocycles. The fourth-order valence-electron chi connectivity index (χ4n) is 3.19. The minimum atomic E-state index is -0.291. The summed E-state index contributed by atoms with van der Waals surface area (Å²) in [6.45, 7) is 2.96. The summed E-state index contributed by atoms with van der Waals surface area (Å²) in [5.74, 6) is 1.25. The van der Waals surface area contributed by atoms with Gasteiger partial charge in [-0.2, -0.15) is 0 Å². The lowest BCUT2D eigenvalue weighted by atomic mass is 9.89. The molecule has 1 saturated heterocycles. The van der Waals surface area contributed by atoms with Gasteiger partial charge < -0.3 is 4.74 Å². The van der Waals surface area contributed by atoms with Gasteiger partial charge in [0.05, 0.1) is 11.3 Å². The van der Waals surface area contributed by atoms with Crippen molar-refractivity contribution in [1.82, 2.24) is 9.88 Å². The highest BCUT2D eigenvalue weighted by Crippen LogP contribution is 2.34. The van der Waals surface area contributed by atoms with Crippen molar-refractivity contribution in [2.45, 2.75) is 32.2 Å². The molecule has 0 bridgehead atoms. The Labute approximate surface area is 119 Å². The quantitative estimate of drug-likeness (QED) is 0.776. The van der Waals surface area contributed by atoms with E-state index in [9.17, 15) is 4.79 Å². The molecule has 0 aromatic carbocycles. The maximum atomic E-state index is 12.2. The van der Waals surface area contributed by atoms with E-state index in [0.29, 0.717) is 17.3 Å². The van der Waals surface area contributed by atoms with Crippen LogP contribution in [-0.4, -0.2) is 35.5 Å². The van der Waals surface area contributed by atoms with Crippen LogP contribution in [0.25, 0.3) is 0 Å². The molecule has 4 nitrogen and oxygen atoms in total. The molecule has 0 spiro atoms. The van der Waals surface area contributed by atoms with Crippen molar-refractivity contribution in [3.63, 3.8) is 0 Å². The minimum Gasteiger partial charge on any atom is -0.428 e. The molecular weight excluding hydrogens is 252 g/mol. The number of allylic oxidation sites excluding steroid dienone is 1. The van der Waals surface area contributed by atoms with Gasteiger partial charge in [-0.15, -0.1) is 0 Å². The zero-order valence-electron chi connectivity index (χ0n) is 12.0. The first-order valence-electron chi connectivity index (χ1n) is 7.20. The lowest BCUT2D eigenvalue weighted by Gasteiger charge is -2.27. The first kappa shape index (κ1) is 13.3. The van der Waals surface area contributed by atoms with E-state index in [2.05, 4.69) is 23.0 Å². The second-order valence-corrected chi connectivity index (χ2v) is 5.72. The average molecular weight is 272 g/mol. The number of esters is 1. The minimum absolute atomic E-state index is 0.291. The second kappa shape index (κ2) is 5.37. The van der Waals surface area contributed by atoms with E-state index >= 15 is 0 Å². The Balaban J connectivity index is 1.74. The van der Waals surface area contributed by atoms with Gasteiger partial charge in [-0.25, -0.2) is 4.79 Å². The Morgan fingerprint density at radius 3 is 3.10 bits per heavy atom. The molecule has 0 amide bonds. The summed E-state index contributed by atoms with van der Waals surface area (Å²) in [7, 11) is 2.14. The molecule has 0 N–H and O–H groups in total. The lowest BCUT2D eigenvalue weighted by Crippen LogP contribution is -2.30. The van der Waals surface area contributed by atoms with Gasteiger partial charge in [0.2, 0.25) is 0 Å². The second-order valence-electron chi connectivity index (χ2n) is 5.72. The van der Waals surface area contributed by atoms with E-state index < -0.39 is 0 Å². The fraction of sp³-hybridized carbons (Fsp3) is 0.500. The third-order valence-electron chi connectivity index (χ3n) is 4.41. The van der Waals surface area contributed by atoms with Crippen LogP contribution in [0.1, 0.15) is 35.3 Å². The van der Waals surface area contributed by atoms with E-state index in [1.54, 1.807) is 18.3 Å². The van der Waals surface area contributed by atoms with Crippen LogP contribution in [0.15, 0.2) is 30.2 Å². The Morgan fingerprint density at radius 2 is 2.30 bits per heavy atom. The topological polar surface area (TPSA) is 42.4 Å². The predicted octanol–water partition coefficient (Wildman–Crippen LogP) is 2.54. The summed E-state index contributed by atoms with van der Waals surface area (Å²) < 4.78 is 5.57. The van der Waals surface area contributed by atoms with Gasteiger partial charge in [0.25, 0.3) is 0 Å². The number of aromatic nitrogens is 1. The van der Waals surface area contributed by atoms with Crippen molar-refractivity contribution in [2.75, 3.05) is 13.6 Å². The molecular formula is C16H20N2O2. The monoisotopic (exact) mass is 272 g/mol. The van der Waals surface area contributed by atoms with Crippen molar-refractivity contribution in [1.29, 1.82) is 0 Å². The number of aryl methyl sites for hydroxylation is 1. The average Bonchev–Trinajstić information content (AvgIpc) is 2.81. The normalized spacial score (nSPS) is 26.0. The summed E-state index contributed by atoms with van der Waals surface area (Å²) in [5, 5.41) is 0. The smallest absolute Gasteiger partial charge is 0.345 e. The molecule has 1 aromatic heterocycles. The number of ether oxygens (including phenoxy) is 1. The number of fused-ring (bicyclic) bond motifs is 1. The van der Waals surface area contributed by atoms with Gasteiger partial charge in [0, 0.05) is 18.7 Å². The molecule has 2 atom stereocenters. The van der Waals surface area contributed by atoms with Gasteiger partial charge in [0.1, 0.15) is 5.76 Å². The van der Waals surface area contributed by atoms with Crippen LogP contribution >= 0.6 is 0 Å². The summed E-state index contributed by atoms with van der Waals surface area (Å²) >= 11 is 0. The number of rotatable bonds is 2. The molecule has 2 aliphatic rings. The molecule has 0 saturated carbocycles. The largest absolute Gasteiger partial charge is 0.428 e. The molecule has 1 aliphatic carbocycles. The van der Waals surface area contributed by atoms with Crippen molar-refractivity contribution >= 4 is 5.97 Å². The van der Waals surface area contributed by atoms with Crippen LogP contribution in [0.2, 0.25) is 0 Å². The Kier molecular flexibility index (Phi) is 3.57. The van der Waals surface area contributed by atoms with Gasteiger partial charge in [-0.05, 0) is 57.5 Å². The van der Waals surface area contributed by atoms with Gasteiger partial charge in [-0.3, -0.25) is 9.88 Å². The molecule has 20 heavy (non-hydrogen) atoms. The molecule has 4 heteroatoms. The number of hydrogen-bond acceptors (Lipinski definition) is 4. The molecule has 106 valence electrons. The maximum Gasteiger partial charge on any atom is 0.345 e. The molecule has 1 fully saturated rings. The van der Waals surface area contributed by atoms with Crippen molar-refractivity contribution in [2.24, 2.45) is 5.92 Å². The van der Waals surface area contributed by atoms with Crippen LogP contribution in [0.5, 0.6) is 0 Å². The van der Waals surface area contributed by atoms with Crippen LogP contribution in [0.3, 0.4) is 0 Å². The number of carbonyl (C=O) groups excluding carboxylic acids is 1. The molecule has 1 aromatic rings. The number of nitrogens with zero attached hydrogens (tertiary/aromatic N) is 2. The maximum absolute atomic E-state index is 12.2. The number of likely N-dealkylation sites (tertiary alicyclic amines) is 1. The zero-order chi connectivity index (χ0) is 14.1. The first-order valence-corrected chi connectivity index (χ1v) is 7.20. The van der Waals surface area contributed by atoms with E-state index in [1.807, 2.05) is 6.92 Å². The molecule has 3 rings (SSSR count). The predicted molar refractivity (Wildman–Crippen MR) is 76.2 cm³/mol. The van der Waals surface area contributed by atoms with E-state index in [-0.39, 0.29) is 5.97 Å². The highest BCUT2D eigenvalue weighted by atomic mass is 16.5. The third-order valence-corrected chi connectivity index (χ3v) is 4.41. The van der Waals surface area contributed by atoms with E-state index in [1.165, 1.54) is 6.42 Å². The summed E-state index contributed by atoms with van der Waals surface area (Å²) in [5.41, 5.74) is 1.26. The van der Waals surface area contributed by atoms with Crippen LogP contribution in [0.4, 0.5) is 0 Å². The lowest BCUT2D eigenvalue weighted by molar-refractivity contribution is 0.0597. The standard InChI is InChI=1S/C16H20N2O2/c1-11-14(4-3-8-17-11)16(19)20-13-6-5-12-7-9-18(2)15(12)10-13/h3-4,8,10,12,15H,5-7,9H2,1-2H3. The van der Waals surface area contributed by atoms with Crippen molar-refractivity contribution < 1.29 is 9.53 Å². The Morgan fingerprint density at radius 1 is 1.45 bits per heavy atom. The van der Waals surface area contributed by atoms with Crippen LogP contribution in [0, 0.1) is 12.8 Å². The first-order chi connectivity index (χ1) is 9.65. The third kappa shape index (κ3) is 2.48.